The van der Waals surface area contributed by atoms with Crippen LogP contribution in [0.3, 0.4) is 0 Å². The van der Waals surface area contributed by atoms with Crippen molar-refractivity contribution in [1.29, 1.82) is 0 Å². The topological polar surface area (TPSA) is 185 Å². The van der Waals surface area contributed by atoms with Gasteiger partial charge in [0.2, 0.25) is 17.8 Å². The predicted octanol–water partition coefficient (Wildman–Crippen LogP) is -2.98. The second-order valence-electron chi connectivity index (χ2n) is 7.41. The summed E-state index contributed by atoms with van der Waals surface area (Å²) in [4.78, 5) is 17.6. The van der Waals surface area contributed by atoms with Crippen LogP contribution in [0.4, 0.5) is 17.8 Å². The highest BCUT2D eigenvalue weighted by molar-refractivity contribution is 7.80. The zero-order valence-corrected chi connectivity index (χ0v) is 16.8. The molecule has 1 aromatic rings. The molecule has 12 nitrogen and oxygen atoms in total. The van der Waals surface area contributed by atoms with Crippen LogP contribution in [0, 0.1) is 0 Å². The first-order chi connectivity index (χ1) is 13.3. The summed E-state index contributed by atoms with van der Waals surface area (Å²) in [7, 11) is 1.72. The van der Waals surface area contributed by atoms with Crippen LogP contribution in [0.15, 0.2) is 0 Å². The van der Waals surface area contributed by atoms with E-state index >= 15 is 0 Å². The highest BCUT2D eigenvalue weighted by Gasteiger charge is 2.28. The van der Waals surface area contributed by atoms with E-state index in [0.717, 1.165) is 12.8 Å². The quantitative estimate of drug-likeness (QED) is 0.197. The number of rotatable bonds is 4. The van der Waals surface area contributed by atoms with Gasteiger partial charge in [0.05, 0.1) is 0 Å². The molecule has 0 unspecified atom stereocenters. The Bertz CT molecular complexity index is 623. The first-order valence-electron chi connectivity index (χ1n) is 9.36. The lowest BCUT2D eigenvalue weighted by Gasteiger charge is -2.37. The summed E-state index contributed by atoms with van der Waals surface area (Å²) in [5, 5.41) is 3.22. The molecule has 2 fully saturated rings. The summed E-state index contributed by atoms with van der Waals surface area (Å²) in [6, 6.07) is -0.140. The average Bonchev–Trinajstić information content (AvgIpc) is 2.64. The van der Waals surface area contributed by atoms with Crippen LogP contribution >= 0.6 is 12.2 Å². The number of nitrogens with two attached hydrogens (primary N) is 4. The number of nitrogens with zero attached hydrogens (tertiary/aromatic N) is 5. The van der Waals surface area contributed by atoms with Gasteiger partial charge in [0.1, 0.15) is 0 Å². The maximum absolute atomic E-state index is 6.13. The third kappa shape index (κ3) is 5.26. The number of thiocarbonyl (C=S) groups is 1. The van der Waals surface area contributed by atoms with Gasteiger partial charge in [0, 0.05) is 57.4 Å². The molecule has 0 radical (unpaired) electrons. The second kappa shape index (κ2) is 8.96. The molecule has 11 N–H and O–H groups in total. The van der Waals surface area contributed by atoms with Crippen molar-refractivity contribution in [1.82, 2.24) is 25.7 Å². The van der Waals surface area contributed by atoms with Crippen LogP contribution in [0.2, 0.25) is 0 Å². The van der Waals surface area contributed by atoms with E-state index in [-0.39, 0.29) is 24.2 Å². The van der Waals surface area contributed by atoms with Crippen molar-refractivity contribution in [3.05, 3.63) is 0 Å². The van der Waals surface area contributed by atoms with E-state index in [9.17, 15) is 0 Å². The Kier molecular flexibility index (Phi) is 6.61. The standard InChI is InChI=1S/C15H30N12S/c1-20-15(28)25-24-12-21-13(26-4-8(16)2-9(17)5-26)23-14(22-12)27-6-10(18)3-11(19)7-27/h8-11H,2-7,16-19H2,1H3,(H2,20,25,28)(H,21,22,23,24)/t8-,9+,10-,11+. The van der Waals surface area contributed by atoms with E-state index in [4.69, 9.17) is 35.2 Å². The largest absolute Gasteiger partial charge is 0.364 e. The van der Waals surface area contributed by atoms with Gasteiger partial charge in [-0.3, -0.25) is 10.9 Å². The summed E-state index contributed by atoms with van der Waals surface area (Å²) in [6.45, 7) is 2.49. The molecule has 0 saturated carbocycles. The normalized spacial score (nSPS) is 28.0. The molecule has 4 atom stereocenters. The number of aromatic nitrogens is 3. The zero-order chi connectivity index (χ0) is 20.3. The predicted molar refractivity (Wildman–Crippen MR) is 114 cm³/mol. The maximum Gasteiger partial charge on any atom is 0.248 e. The van der Waals surface area contributed by atoms with Crippen molar-refractivity contribution in [2.24, 2.45) is 22.9 Å². The van der Waals surface area contributed by atoms with Gasteiger partial charge in [0.25, 0.3) is 0 Å². The Balaban J connectivity index is 1.88. The highest BCUT2D eigenvalue weighted by Crippen LogP contribution is 2.21. The van der Waals surface area contributed by atoms with Gasteiger partial charge in [-0.15, -0.1) is 0 Å². The summed E-state index contributed by atoms with van der Waals surface area (Å²) in [5.41, 5.74) is 30.3. The van der Waals surface area contributed by atoms with Crippen LogP contribution in [0.1, 0.15) is 12.8 Å². The lowest BCUT2D eigenvalue weighted by Crippen LogP contribution is -2.54. The summed E-state index contributed by atoms with van der Waals surface area (Å²) < 4.78 is 0. The molecule has 0 spiro atoms. The fraction of sp³-hybridized carbons (Fsp3) is 0.733. The average molecular weight is 411 g/mol. The SMILES string of the molecule is CNC(=S)NNc1nc(N2C[C@H](N)C[C@H](N)C2)nc(N2C[C@H](N)C[C@H](N)C2)n1. The van der Waals surface area contributed by atoms with Crippen molar-refractivity contribution in [2.75, 3.05) is 48.5 Å². The van der Waals surface area contributed by atoms with Crippen molar-refractivity contribution in [2.45, 2.75) is 37.0 Å². The molecule has 3 rings (SSSR count). The summed E-state index contributed by atoms with van der Waals surface area (Å²) in [5.74, 6) is 1.34. The van der Waals surface area contributed by atoms with Gasteiger partial charge >= 0.3 is 0 Å². The van der Waals surface area contributed by atoms with Crippen LogP contribution in [-0.4, -0.2) is 77.5 Å². The minimum atomic E-state index is -0.0350. The number of piperidine rings is 2. The van der Waals surface area contributed by atoms with Gasteiger partial charge in [0.15, 0.2) is 5.11 Å². The Labute approximate surface area is 169 Å². The fourth-order valence-corrected chi connectivity index (χ4v) is 3.60. The van der Waals surface area contributed by atoms with Crippen molar-refractivity contribution in [3.63, 3.8) is 0 Å². The van der Waals surface area contributed by atoms with Gasteiger partial charge in [-0.05, 0) is 25.1 Å². The van der Waals surface area contributed by atoms with Crippen LogP contribution in [0.5, 0.6) is 0 Å². The number of anilines is 3. The lowest BCUT2D eigenvalue weighted by molar-refractivity contribution is 0.441. The highest BCUT2D eigenvalue weighted by atomic mass is 32.1. The maximum atomic E-state index is 6.13. The number of nitrogens with one attached hydrogen (secondary N) is 3. The molecular formula is C15H30N12S. The molecule has 2 saturated heterocycles. The smallest absolute Gasteiger partial charge is 0.248 e. The molecule has 3 heterocycles. The molecular weight excluding hydrogens is 380 g/mol. The zero-order valence-electron chi connectivity index (χ0n) is 16.0. The Morgan fingerprint density at radius 2 is 1.29 bits per heavy atom. The Morgan fingerprint density at radius 1 is 0.857 bits per heavy atom. The molecule has 2 aliphatic heterocycles. The molecule has 28 heavy (non-hydrogen) atoms. The third-order valence-corrected chi connectivity index (χ3v) is 5.03. The third-order valence-electron chi connectivity index (χ3n) is 4.72. The van der Waals surface area contributed by atoms with Crippen LogP contribution < -0.4 is 48.9 Å². The first-order valence-corrected chi connectivity index (χ1v) is 9.77. The molecule has 0 aromatic carbocycles. The van der Waals surface area contributed by atoms with E-state index in [1.807, 2.05) is 9.80 Å². The van der Waals surface area contributed by atoms with E-state index in [1.54, 1.807) is 7.05 Å². The van der Waals surface area contributed by atoms with Gasteiger partial charge in [-0.25, -0.2) is 0 Å². The molecule has 2 aliphatic rings. The van der Waals surface area contributed by atoms with Crippen LogP contribution in [0.25, 0.3) is 0 Å². The lowest BCUT2D eigenvalue weighted by atomic mass is 10.0. The molecule has 0 bridgehead atoms. The number of hydrogen-bond donors (Lipinski definition) is 7. The Hall–Kier alpha value is -2.06. The monoisotopic (exact) mass is 410 g/mol. The molecule has 0 amide bonds. The summed E-state index contributed by atoms with van der Waals surface area (Å²) in [6.07, 6.45) is 1.54. The molecule has 1 aromatic heterocycles. The summed E-state index contributed by atoms with van der Waals surface area (Å²) >= 11 is 5.09. The Morgan fingerprint density at radius 3 is 1.68 bits per heavy atom. The van der Waals surface area contributed by atoms with Crippen molar-refractivity contribution >= 4 is 35.2 Å². The van der Waals surface area contributed by atoms with E-state index < -0.39 is 0 Å². The minimum Gasteiger partial charge on any atom is -0.364 e. The number of hydrazine groups is 1. The van der Waals surface area contributed by atoms with Gasteiger partial charge in [-0.2, -0.15) is 15.0 Å². The van der Waals surface area contributed by atoms with E-state index in [0.29, 0.717) is 49.1 Å². The van der Waals surface area contributed by atoms with Crippen LogP contribution in [-0.2, 0) is 0 Å². The second-order valence-corrected chi connectivity index (χ2v) is 7.82. The van der Waals surface area contributed by atoms with E-state index in [2.05, 4.69) is 31.1 Å². The molecule has 0 aliphatic carbocycles. The minimum absolute atomic E-state index is 0.0350. The number of hydrogen-bond acceptors (Lipinski definition) is 11. The van der Waals surface area contributed by atoms with Crippen molar-refractivity contribution < 1.29 is 0 Å². The fourth-order valence-electron chi connectivity index (χ4n) is 3.55. The molecule has 156 valence electrons. The van der Waals surface area contributed by atoms with E-state index in [1.165, 1.54) is 0 Å². The van der Waals surface area contributed by atoms with Crippen molar-refractivity contribution in [3.8, 4) is 0 Å². The first kappa shape index (κ1) is 20.7. The van der Waals surface area contributed by atoms with Gasteiger partial charge < -0.3 is 38.1 Å². The molecule has 13 heteroatoms. The van der Waals surface area contributed by atoms with Gasteiger partial charge in [-0.1, -0.05) is 0 Å².